The van der Waals surface area contributed by atoms with Crippen molar-refractivity contribution in [3.63, 3.8) is 0 Å². The second-order valence-corrected chi connectivity index (χ2v) is 5.76. The zero-order chi connectivity index (χ0) is 17.5. The van der Waals surface area contributed by atoms with Gasteiger partial charge < -0.3 is 14.9 Å². The Morgan fingerprint density at radius 1 is 0.808 bits per heavy atom. The summed E-state index contributed by atoms with van der Waals surface area (Å²) < 4.78 is 0. The van der Waals surface area contributed by atoms with Crippen molar-refractivity contribution < 1.29 is 51.4 Å². The predicted octanol–water partition coefficient (Wildman–Crippen LogP) is 5.13. The van der Waals surface area contributed by atoms with Gasteiger partial charge in [-0.05, 0) is 23.5 Å². The fourth-order valence-corrected chi connectivity index (χ4v) is 2.11. The van der Waals surface area contributed by atoms with E-state index in [2.05, 4.69) is 70.2 Å². The summed E-state index contributed by atoms with van der Waals surface area (Å²) in [4.78, 5) is 0. The van der Waals surface area contributed by atoms with Crippen LogP contribution in [-0.2, 0) is 12.8 Å². The van der Waals surface area contributed by atoms with E-state index in [0.717, 1.165) is 6.42 Å². The average molecular weight is 381 g/mol. The molecule has 0 saturated heterocycles. The molecule has 0 radical (unpaired) electrons. The van der Waals surface area contributed by atoms with Crippen LogP contribution in [-0.4, -0.2) is 0 Å². The van der Waals surface area contributed by atoms with E-state index in [1.54, 1.807) is 0 Å². The van der Waals surface area contributed by atoms with Gasteiger partial charge in [0.2, 0.25) is 0 Å². The van der Waals surface area contributed by atoms with Crippen molar-refractivity contribution in [2.75, 3.05) is 0 Å². The van der Waals surface area contributed by atoms with Crippen molar-refractivity contribution in [3.8, 4) is 0 Å². The third-order valence-electron chi connectivity index (χ3n) is 3.66. The SMILES string of the molecule is CC.CCCCc1cc[c-]cc1.CCc1ccc(C(C)C)cc1.[CH3-].[CH3-].[K+]. The maximum absolute atomic E-state index is 3.01. The first-order valence-electron chi connectivity index (χ1n) is 9.21. The Labute approximate surface area is 208 Å². The van der Waals surface area contributed by atoms with Crippen molar-refractivity contribution in [2.45, 2.75) is 73.1 Å². The molecule has 0 spiro atoms. The molecule has 0 fully saturated rings. The molecule has 26 heavy (non-hydrogen) atoms. The van der Waals surface area contributed by atoms with Crippen LogP contribution in [0.2, 0.25) is 0 Å². The Morgan fingerprint density at radius 3 is 1.69 bits per heavy atom. The standard InChI is InChI=1S/C11H16.C10H13.C2H6.2CH3.K/c1-4-10-5-7-11(8-6-10)9(2)3;1-2-3-7-10-8-5-4-6-9-10;1-2;;;/h5-9H,4H2,1-3H3;5-6,8-9H,2-3,7H2,1H3;1-2H3;2*1H3;/q;-1;;2*-1;+1. The number of aryl methyl sites for hydroxylation is 2. The van der Waals surface area contributed by atoms with Crippen LogP contribution in [0, 0.1) is 20.9 Å². The number of hydrogen-bond acceptors (Lipinski definition) is 0. The molecule has 1 heteroatoms. The van der Waals surface area contributed by atoms with Crippen molar-refractivity contribution in [1.29, 1.82) is 0 Å². The second kappa shape index (κ2) is 23.1. The summed E-state index contributed by atoms with van der Waals surface area (Å²) in [5.74, 6) is 0.654. The molecular formula is C25H41K-2. The van der Waals surface area contributed by atoms with Gasteiger partial charge in [-0.1, -0.05) is 85.1 Å². The molecule has 144 valence electrons. The summed E-state index contributed by atoms with van der Waals surface area (Å²) in [6.45, 7) is 12.8. The van der Waals surface area contributed by atoms with Gasteiger partial charge in [0.05, 0.1) is 0 Å². The molecule has 0 bridgehead atoms. The van der Waals surface area contributed by atoms with Gasteiger partial charge in [0, 0.05) is 0 Å². The van der Waals surface area contributed by atoms with Crippen LogP contribution in [0.15, 0.2) is 48.5 Å². The van der Waals surface area contributed by atoms with Gasteiger partial charge in [-0.15, -0.1) is 0 Å². The van der Waals surface area contributed by atoms with E-state index in [9.17, 15) is 0 Å². The first kappa shape index (κ1) is 33.6. The van der Waals surface area contributed by atoms with Crippen LogP contribution in [0.1, 0.15) is 77.0 Å². The third kappa shape index (κ3) is 16.3. The summed E-state index contributed by atoms with van der Waals surface area (Å²) in [6, 6.07) is 20.1. The van der Waals surface area contributed by atoms with E-state index in [1.807, 2.05) is 26.0 Å². The van der Waals surface area contributed by atoms with E-state index in [0.29, 0.717) is 5.92 Å². The smallest absolute Gasteiger partial charge is 0.358 e. The monoisotopic (exact) mass is 380 g/mol. The average Bonchev–Trinajstić information content (AvgIpc) is 2.63. The quantitative estimate of drug-likeness (QED) is 0.498. The molecule has 0 aliphatic carbocycles. The molecule has 2 rings (SSSR count). The summed E-state index contributed by atoms with van der Waals surface area (Å²) in [7, 11) is 0. The molecule has 0 nitrogen and oxygen atoms in total. The Morgan fingerprint density at radius 2 is 1.31 bits per heavy atom. The minimum atomic E-state index is 0. The van der Waals surface area contributed by atoms with E-state index >= 15 is 0 Å². The van der Waals surface area contributed by atoms with Gasteiger partial charge in [0.25, 0.3) is 0 Å². The first-order valence-corrected chi connectivity index (χ1v) is 9.21. The summed E-state index contributed by atoms with van der Waals surface area (Å²) >= 11 is 0. The predicted molar refractivity (Wildman–Crippen MR) is 118 cm³/mol. The Kier molecular flexibility index (Phi) is 29.9. The van der Waals surface area contributed by atoms with E-state index in [1.165, 1.54) is 36.0 Å². The van der Waals surface area contributed by atoms with E-state index < -0.39 is 0 Å². The molecule has 2 aromatic rings. The Balaban J connectivity index is -0.000000154. The molecule has 0 amide bonds. The van der Waals surface area contributed by atoms with Crippen LogP contribution < -0.4 is 51.4 Å². The van der Waals surface area contributed by atoms with E-state index in [4.69, 9.17) is 0 Å². The zero-order valence-electron chi connectivity index (χ0n) is 19.0. The number of rotatable bonds is 5. The van der Waals surface area contributed by atoms with Crippen LogP contribution in [0.25, 0.3) is 0 Å². The van der Waals surface area contributed by atoms with Crippen molar-refractivity contribution in [1.82, 2.24) is 0 Å². The fourth-order valence-electron chi connectivity index (χ4n) is 2.11. The molecule has 0 atom stereocenters. The molecule has 0 aliphatic rings. The van der Waals surface area contributed by atoms with Gasteiger partial charge in [0.15, 0.2) is 0 Å². The fraction of sp³-hybridized carbons (Fsp3) is 0.440. The third-order valence-corrected chi connectivity index (χ3v) is 3.66. The molecule has 0 N–H and O–H groups in total. The Hall–Kier alpha value is 0.0764. The molecule has 0 aromatic heterocycles. The molecular weight excluding hydrogens is 339 g/mol. The Bertz CT molecular complexity index is 471. The minimum Gasteiger partial charge on any atom is -0.358 e. The van der Waals surface area contributed by atoms with Crippen molar-refractivity contribution in [3.05, 3.63) is 86.1 Å². The van der Waals surface area contributed by atoms with Crippen LogP contribution in [0.5, 0.6) is 0 Å². The summed E-state index contributed by atoms with van der Waals surface area (Å²) in [5, 5.41) is 0. The van der Waals surface area contributed by atoms with E-state index in [-0.39, 0.29) is 66.2 Å². The van der Waals surface area contributed by atoms with Gasteiger partial charge in [-0.25, -0.2) is 0 Å². The number of benzene rings is 2. The van der Waals surface area contributed by atoms with Gasteiger partial charge in [0.1, 0.15) is 0 Å². The number of unbranched alkanes of at least 4 members (excludes halogenated alkanes) is 1. The molecule has 0 heterocycles. The maximum Gasteiger partial charge on any atom is 1.00 e. The zero-order valence-corrected chi connectivity index (χ0v) is 22.1. The molecule has 0 unspecified atom stereocenters. The van der Waals surface area contributed by atoms with Crippen LogP contribution in [0.4, 0.5) is 0 Å². The van der Waals surface area contributed by atoms with Gasteiger partial charge in [-0.3, -0.25) is 0 Å². The number of hydrogen-bond donors (Lipinski definition) is 0. The topological polar surface area (TPSA) is 0 Å². The van der Waals surface area contributed by atoms with Crippen LogP contribution >= 0.6 is 0 Å². The maximum atomic E-state index is 3.01. The minimum absolute atomic E-state index is 0. The van der Waals surface area contributed by atoms with Gasteiger partial charge in [-0.2, -0.15) is 35.9 Å². The van der Waals surface area contributed by atoms with Gasteiger partial charge >= 0.3 is 51.4 Å². The summed E-state index contributed by atoms with van der Waals surface area (Å²) in [5.41, 5.74) is 4.29. The summed E-state index contributed by atoms with van der Waals surface area (Å²) in [6.07, 6.45) is 4.92. The second-order valence-electron chi connectivity index (χ2n) is 5.76. The first-order chi connectivity index (χ1) is 11.2. The van der Waals surface area contributed by atoms with Crippen molar-refractivity contribution in [2.24, 2.45) is 0 Å². The van der Waals surface area contributed by atoms with Crippen molar-refractivity contribution >= 4 is 0 Å². The van der Waals surface area contributed by atoms with Crippen LogP contribution in [0.3, 0.4) is 0 Å². The normalized spacial score (nSPS) is 8.42. The molecule has 0 saturated carbocycles. The largest absolute Gasteiger partial charge is 1.00 e. The molecule has 0 aliphatic heterocycles. The molecule has 2 aromatic carbocycles.